The fraction of sp³-hybridized carbons (Fsp3) is 0.571. The molecule has 0 aromatic carbocycles. The quantitative estimate of drug-likeness (QED) is 0.807. The summed E-state index contributed by atoms with van der Waals surface area (Å²) in [4.78, 5) is 17.5. The molecule has 0 aliphatic rings. The molecule has 1 aromatic rings. The molecule has 0 amide bonds. The van der Waals surface area contributed by atoms with Gasteiger partial charge in [-0.25, -0.2) is 9.78 Å². The average molecular weight is 250 g/mol. The Hall–Kier alpha value is -1.58. The standard InChI is InChI=1S/C14H22N2O2/c1-4-6-9-16(11(3)5-2)13-10-12(14(17)18)7-8-15-13/h7-8,10-11H,4-6,9H2,1-3H3,(H,17,18). The van der Waals surface area contributed by atoms with E-state index >= 15 is 0 Å². The van der Waals surface area contributed by atoms with Crippen molar-refractivity contribution < 1.29 is 9.90 Å². The number of carbonyl (C=O) groups is 1. The minimum Gasteiger partial charge on any atom is -0.478 e. The molecule has 4 nitrogen and oxygen atoms in total. The summed E-state index contributed by atoms with van der Waals surface area (Å²) in [7, 11) is 0. The van der Waals surface area contributed by atoms with Crippen LogP contribution in [0.2, 0.25) is 0 Å². The van der Waals surface area contributed by atoms with E-state index in [9.17, 15) is 4.79 Å². The maximum atomic E-state index is 11.0. The van der Waals surface area contributed by atoms with Crippen molar-refractivity contribution in [3.8, 4) is 0 Å². The highest BCUT2D eigenvalue weighted by molar-refractivity contribution is 5.88. The number of aromatic carboxylic acids is 1. The first-order valence-electron chi connectivity index (χ1n) is 6.56. The number of anilines is 1. The van der Waals surface area contributed by atoms with Gasteiger partial charge >= 0.3 is 5.97 Å². The monoisotopic (exact) mass is 250 g/mol. The van der Waals surface area contributed by atoms with E-state index < -0.39 is 5.97 Å². The minimum atomic E-state index is -0.904. The van der Waals surface area contributed by atoms with Crippen LogP contribution in [0, 0.1) is 0 Å². The Labute approximate surface area is 109 Å². The van der Waals surface area contributed by atoms with Crippen LogP contribution in [0.3, 0.4) is 0 Å². The Kier molecular flexibility index (Phi) is 5.62. The Morgan fingerprint density at radius 2 is 2.22 bits per heavy atom. The van der Waals surface area contributed by atoms with Gasteiger partial charge < -0.3 is 10.0 Å². The van der Waals surface area contributed by atoms with Crippen LogP contribution in [0.15, 0.2) is 18.3 Å². The van der Waals surface area contributed by atoms with Crippen molar-refractivity contribution in [1.82, 2.24) is 4.98 Å². The van der Waals surface area contributed by atoms with Gasteiger partial charge in [0, 0.05) is 18.8 Å². The average Bonchev–Trinajstić information content (AvgIpc) is 2.39. The summed E-state index contributed by atoms with van der Waals surface area (Å²) in [5, 5.41) is 9.02. The fourth-order valence-corrected chi connectivity index (χ4v) is 1.82. The van der Waals surface area contributed by atoms with Gasteiger partial charge in [0.25, 0.3) is 0 Å². The zero-order valence-corrected chi connectivity index (χ0v) is 11.4. The van der Waals surface area contributed by atoms with Crippen LogP contribution in [0.4, 0.5) is 5.82 Å². The first-order valence-corrected chi connectivity index (χ1v) is 6.56. The molecule has 4 heteroatoms. The highest BCUT2D eigenvalue weighted by Gasteiger charge is 2.15. The molecule has 1 rings (SSSR count). The lowest BCUT2D eigenvalue weighted by molar-refractivity contribution is 0.0697. The fourth-order valence-electron chi connectivity index (χ4n) is 1.82. The van der Waals surface area contributed by atoms with E-state index in [1.165, 1.54) is 6.07 Å². The van der Waals surface area contributed by atoms with Crippen LogP contribution in [0.25, 0.3) is 0 Å². The van der Waals surface area contributed by atoms with Crippen LogP contribution >= 0.6 is 0 Å². The summed E-state index contributed by atoms with van der Waals surface area (Å²) in [6, 6.07) is 3.55. The molecule has 0 saturated carbocycles. The summed E-state index contributed by atoms with van der Waals surface area (Å²) in [6.07, 6.45) is 4.79. The van der Waals surface area contributed by atoms with Gasteiger partial charge in [0.2, 0.25) is 0 Å². The van der Waals surface area contributed by atoms with E-state index in [0.29, 0.717) is 11.6 Å². The highest BCUT2D eigenvalue weighted by Crippen LogP contribution is 2.18. The SMILES string of the molecule is CCCCN(c1cc(C(=O)O)ccn1)C(C)CC. The van der Waals surface area contributed by atoms with E-state index in [0.717, 1.165) is 31.6 Å². The molecular formula is C14H22N2O2. The molecule has 0 spiro atoms. The van der Waals surface area contributed by atoms with Crippen molar-refractivity contribution in [2.24, 2.45) is 0 Å². The molecule has 0 saturated heterocycles. The van der Waals surface area contributed by atoms with Crippen molar-refractivity contribution in [1.29, 1.82) is 0 Å². The zero-order chi connectivity index (χ0) is 13.5. The number of hydrogen-bond donors (Lipinski definition) is 1. The first-order chi connectivity index (χ1) is 8.60. The first kappa shape index (κ1) is 14.5. The number of carboxylic acids is 1. The lowest BCUT2D eigenvalue weighted by Crippen LogP contribution is -2.34. The van der Waals surface area contributed by atoms with Gasteiger partial charge in [0.15, 0.2) is 0 Å². The van der Waals surface area contributed by atoms with Gasteiger partial charge in [-0.3, -0.25) is 0 Å². The topological polar surface area (TPSA) is 53.4 Å². The lowest BCUT2D eigenvalue weighted by Gasteiger charge is -2.29. The van der Waals surface area contributed by atoms with Crippen molar-refractivity contribution in [2.45, 2.75) is 46.1 Å². The molecule has 0 fully saturated rings. The third kappa shape index (κ3) is 3.72. The number of rotatable bonds is 7. The van der Waals surface area contributed by atoms with Crippen LogP contribution in [0.5, 0.6) is 0 Å². The third-order valence-corrected chi connectivity index (χ3v) is 3.16. The highest BCUT2D eigenvalue weighted by atomic mass is 16.4. The molecule has 18 heavy (non-hydrogen) atoms. The van der Waals surface area contributed by atoms with E-state index in [1.54, 1.807) is 12.3 Å². The largest absolute Gasteiger partial charge is 0.478 e. The van der Waals surface area contributed by atoms with Crippen molar-refractivity contribution in [3.05, 3.63) is 23.9 Å². The molecule has 100 valence electrons. The summed E-state index contributed by atoms with van der Waals surface area (Å²) in [6.45, 7) is 7.34. The second kappa shape index (κ2) is 6.99. The smallest absolute Gasteiger partial charge is 0.335 e. The number of pyridine rings is 1. The molecule has 1 aromatic heterocycles. The summed E-state index contributed by atoms with van der Waals surface area (Å²) in [5.41, 5.74) is 0.296. The normalized spacial score (nSPS) is 12.2. The molecule has 0 aliphatic carbocycles. The maximum absolute atomic E-state index is 11.0. The third-order valence-electron chi connectivity index (χ3n) is 3.16. The van der Waals surface area contributed by atoms with E-state index in [-0.39, 0.29) is 0 Å². The van der Waals surface area contributed by atoms with Gasteiger partial charge in [0.05, 0.1) is 5.56 Å². The number of carboxylic acid groups (broad SMARTS) is 1. The second-order valence-corrected chi connectivity index (χ2v) is 4.51. The van der Waals surface area contributed by atoms with Crippen LogP contribution in [-0.2, 0) is 0 Å². The molecule has 1 unspecified atom stereocenters. The van der Waals surface area contributed by atoms with E-state index in [4.69, 9.17) is 5.11 Å². The second-order valence-electron chi connectivity index (χ2n) is 4.51. The number of hydrogen-bond acceptors (Lipinski definition) is 3. The summed E-state index contributed by atoms with van der Waals surface area (Å²) < 4.78 is 0. The van der Waals surface area contributed by atoms with Gasteiger partial charge in [0.1, 0.15) is 5.82 Å². The Bertz CT molecular complexity index is 393. The summed E-state index contributed by atoms with van der Waals surface area (Å²) in [5.74, 6) is -0.143. The van der Waals surface area contributed by atoms with Crippen LogP contribution < -0.4 is 4.90 Å². The Balaban J connectivity index is 2.96. The van der Waals surface area contributed by atoms with E-state index in [2.05, 4.69) is 30.7 Å². The van der Waals surface area contributed by atoms with Crippen molar-refractivity contribution in [3.63, 3.8) is 0 Å². The minimum absolute atomic E-state index is 0.296. The van der Waals surface area contributed by atoms with Crippen LogP contribution in [-0.4, -0.2) is 28.6 Å². The zero-order valence-electron chi connectivity index (χ0n) is 11.4. The molecule has 0 radical (unpaired) electrons. The number of aromatic nitrogens is 1. The molecule has 1 atom stereocenters. The summed E-state index contributed by atoms with van der Waals surface area (Å²) >= 11 is 0. The van der Waals surface area contributed by atoms with Crippen molar-refractivity contribution in [2.75, 3.05) is 11.4 Å². The van der Waals surface area contributed by atoms with Crippen LogP contribution in [0.1, 0.15) is 50.4 Å². The molecule has 0 bridgehead atoms. The maximum Gasteiger partial charge on any atom is 0.335 e. The Morgan fingerprint density at radius 3 is 2.78 bits per heavy atom. The Morgan fingerprint density at radius 1 is 1.50 bits per heavy atom. The van der Waals surface area contributed by atoms with Gasteiger partial charge in [-0.05, 0) is 31.9 Å². The number of unbranched alkanes of at least 4 members (excludes halogenated alkanes) is 1. The number of nitrogens with zero attached hydrogens (tertiary/aromatic N) is 2. The molecule has 1 heterocycles. The van der Waals surface area contributed by atoms with E-state index in [1.807, 2.05) is 0 Å². The molecule has 1 N–H and O–H groups in total. The predicted molar refractivity (Wildman–Crippen MR) is 73.2 cm³/mol. The predicted octanol–water partition coefficient (Wildman–Crippen LogP) is 3.18. The van der Waals surface area contributed by atoms with Gasteiger partial charge in [-0.2, -0.15) is 0 Å². The van der Waals surface area contributed by atoms with Gasteiger partial charge in [-0.15, -0.1) is 0 Å². The van der Waals surface area contributed by atoms with Gasteiger partial charge in [-0.1, -0.05) is 20.3 Å². The molecule has 0 aliphatic heterocycles. The lowest BCUT2D eigenvalue weighted by atomic mass is 10.1. The molecular weight excluding hydrogens is 228 g/mol. The van der Waals surface area contributed by atoms with Crippen molar-refractivity contribution >= 4 is 11.8 Å².